The van der Waals surface area contributed by atoms with Crippen LogP contribution in [0.1, 0.15) is 98.4 Å². The van der Waals surface area contributed by atoms with Crippen LogP contribution in [-0.2, 0) is 30.3 Å². The molecular weight excluding hydrogens is 813 g/mol. The molecule has 2 aromatic carbocycles. The van der Waals surface area contributed by atoms with Crippen LogP contribution in [0.15, 0.2) is 58.3 Å². The molecule has 0 aliphatic carbocycles. The summed E-state index contributed by atoms with van der Waals surface area (Å²) in [5.41, 5.74) is 4.10. The number of aryl methyl sites for hydroxylation is 1. The molecule has 0 amide bonds. The summed E-state index contributed by atoms with van der Waals surface area (Å²) in [4.78, 5) is 22.7. The molecule has 0 bridgehead atoms. The van der Waals surface area contributed by atoms with E-state index in [9.17, 15) is 9.90 Å². The molecule has 0 fully saturated rings. The van der Waals surface area contributed by atoms with Gasteiger partial charge in [-0.15, -0.1) is 34.9 Å². The SMILES string of the molecule is CCC(C)(CC)C(=O)/C=C(\O)C(C)(CC)CC.Cc1cc2ccc3oc4ncnc(-c5[c-]c6ccsc6c(C(C)(C)C)c5)c4c3c2s1.[Ir]. The van der Waals surface area contributed by atoms with Crippen molar-refractivity contribution in [3.63, 3.8) is 0 Å². The normalized spacial score (nSPS) is 12.8. The Morgan fingerprint density at radius 1 is 0.917 bits per heavy atom. The Morgan fingerprint density at radius 3 is 2.21 bits per heavy atom. The van der Waals surface area contributed by atoms with Crippen molar-refractivity contribution in [3.05, 3.63) is 70.4 Å². The van der Waals surface area contributed by atoms with E-state index >= 15 is 0 Å². The molecule has 48 heavy (non-hydrogen) atoms. The van der Waals surface area contributed by atoms with Gasteiger partial charge in [0.1, 0.15) is 17.7 Å². The number of benzene rings is 2. The second kappa shape index (κ2) is 14.5. The molecule has 0 atom stereocenters. The van der Waals surface area contributed by atoms with Crippen LogP contribution in [0.4, 0.5) is 0 Å². The van der Waals surface area contributed by atoms with Gasteiger partial charge in [0, 0.05) is 63.1 Å². The van der Waals surface area contributed by atoms with Crippen LogP contribution in [0.25, 0.3) is 53.5 Å². The standard InChI is InChI=1S/C25H19N2OS2.C15H28O2.Ir/c1-13-9-14-5-6-18-19(23(14)30-13)20-21(26-12-27-24(20)28-18)16-10-15-7-8-29-22(15)17(11-16)25(2,3)4;1-7-14(5,8-2)12(16)11-13(17)15(6,9-3)10-4;/h5-9,11-12H,1-4H3;11,16H,7-10H2,1-6H3;/q-1;;/b;12-11-;. The summed E-state index contributed by atoms with van der Waals surface area (Å²) >= 11 is 3.57. The predicted molar refractivity (Wildman–Crippen MR) is 201 cm³/mol. The maximum absolute atomic E-state index is 12.2. The largest absolute Gasteiger partial charge is 0.512 e. The number of thiophene rings is 2. The van der Waals surface area contributed by atoms with Crippen LogP contribution in [0, 0.1) is 23.8 Å². The van der Waals surface area contributed by atoms with E-state index in [1.807, 2.05) is 47.6 Å². The van der Waals surface area contributed by atoms with E-state index in [0.29, 0.717) is 5.71 Å². The number of hydrogen-bond donors (Lipinski definition) is 1. The van der Waals surface area contributed by atoms with Crippen molar-refractivity contribution < 1.29 is 34.4 Å². The van der Waals surface area contributed by atoms with Crippen molar-refractivity contribution in [3.8, 4) is 11.3 Å². The minimum atomic E-state index is -0.337. The Hall–Kier alpha value is -2.90. The zero-order chi connectivity index (χ0) is 34.3. The van der Waals surface area contributed by atoms with E-state index in [4.69, 9.17) is 9.40 Å². The van der Waals surface area contributed by atoms with Gasteiger partial charge in [-0.05, 0) is 71.7 Å². The Balaban J connectivity index is 0.000000251. The average Bonchev–Trinajstić information content (AvgIpc) is 3.78. The molecule has 257 valence electrons. The Labute approximate surface area is 306 Å². The molecule has 0 saturated carbocycles. The van der Waals surface area contributed by atoms with Gasteiger partial charge >= 0.3 is 0 Å². The minimum Gasteiger partial charge on any atom is -0.512 e. The molecule has 0 saturated heterocycles. The van der Waals surface area contributed by atoms with Gasteiger partial charge in [0.05, 0.1) is 0 Å². The molecule has 0 aliphatic heterocycles. The molecule has 0 aliphatic rings. The molecule has 5 nitrogen and oxygen atoms in total. The van der Waals surface area contributed by atoms with Gasteiger partial charge in [-0.3, -0.25) is 9.78 Å². The zero-order valence-corrected chi connectivity index (χ0v) is 33.8. The van der Waals surface area contributed by atoms with Gasteiger partial charge in [0.25, 0.3) is 0 Å². The molecule has 6 rings (SSSR count). The number of hydrogen-bond acceptors (Lipinski definition) is 7. The first kappa shape index (κ1) is 37.9. The smallest absolute Gasteiger partial charge is 0.223 e. The fourth-order valence-electron chi connectivity index (χ4n) is 5.89. The monoisotopic (exact) mass is 860 g/mol. The minimum absolute atomic E-state index is 0. The van der Waals surface area contributed by atoms with Gasteiger partial charge < -0.3 is 9.52 Å². The van der Waals surface area contributed by atoms with Crippen molar-refractivity contribution in [2.24, 2.45) is 10.8 Å². The van der Waals surface area contributed by atoms with Crippen LogP contribution >= 0.6 is 22.7 Å². The number of aliphatic hydroxyl groups is 1. The Kier molecular flexibility index (Phi) is 11.5. The third kappa shape index (κ3) is 7.05. The summed E-state index contributed by atoms with van der Waals surface area (Å²) in [6, 6.07) is 14.4. The van der Waals surface area contributed by atoms with E-state index in [1.54, 1.807) is 29.0 Å². The third-order valence-corrected chi connectivity index (χ3v) is 12.2. The molecule has 6 aromatic rings. The van der Waals surface area contributed by atoms with Crippen molar-refractivity contribution in [1.29, 1.82) is 0 Å². The number of ketones is 1. The second-order valence-electron chi connectivity index (χ2n) is 14.2. The van der Waals surface area contributed by atoms with Crippen LogP contribution in [0.2, 0.25) is 0 Å². The second-order valence-corrected chi connectivity index (χ2v) is 16.3. The van der Waals surface area contributed by atoms with E-state index in [-0.39, 0.29) is 47.9 Å². The zero-order valence-electron chi connectivity index (χ0n) is 29.8. The molecule has 4 aromatic heterocycles. The van der Waals surface area contributed by atoms with Crippen molar-refractivity contribution in [2.45, 2.75) is 100 Å². The number of aromatic nitrogens is 2. The van der Waals surface area contributed by atoms with E-state index in [0.717, 1.165) is 58.7 Å². The number of aliphatic hydroxyl groups excluding tert-OH is 1. The van der Waals surface area contributed by atoms with Crippen LogP contribution in [0.3, 0.4) is 0 Å². The fourth-order valence-corrected chi connectivity index (χ4v) is 8.03. The summed E-state index contributed by atoms with van der Waals surface area (Å²) < 4.78 is 8.67. The predicted octanol–water partition coefficient (Wildman–Crippen LogP) is 12.5. The number of rotatable bonds is 8. The maximum atomic E-state index is 12.2. The van der Waals surface area contributed by atoms with Crippen LogP contribution in [-0.4, -0.2) is 20.9 Å². The number of nitrogens with zero attached hydrogens (tertiary/aromatic N) is 2. The third-order valence-electron chi connectivity index (χ3n) is 10.2. The number of allylic oxidation sites excluding steroid dienone is 2. The van der Waals surface area contributed by atoms with E-state index in [2.05, 4.69) is 68.4 Å². The molecule has 8 heteroatoms. The molecule has 1 radical (unpaired) electrons. The quantitative estimate of drug-likeness (QED) is 0.0937. The molecule has 1 N–H and O–H groups in total. The molecule has 4 heterocycles. The van der Waals surface area contributed by atoms with Gasteiger partial charge in [0.15, 0.2) is 5.78 Å². The number of fused-ring (bicyclic) bond motifs is 6. The first-order valence-corrected chi connectivity index (χ1v) is 18.4. The van der Waals surface area contributed by atoms with Crippen LogP contribution in [0.5, 0.6) is 0 Å². The summed E-state index contributed by atoms with van der Waals surface area (Å²) in [7, 11) is 0. The summed E-state index contributed by atoms with van der Waals surface area (Å²) in [6.07, 6.45) is 6.35. The molecule has 0 unspecified atom stereocenters. The maximum Gasteiger partial charge on any atom is 0.223 e. The number of carbonyl (C=O) groups excluding carboxylic acids is 1. The van der Waals surface area contributed by atoms with Gasteiger partial charge in [-0.1, -0.05) is 73.4 Å². The first-order chi connectivity index (χ1) is 22.2. The Morgan fingerprint density at radius 2 is 1.58 bits per heavy atom. The first-order valence-electron chi connectivity index (χ1n) is 16.7. The van der Waals surface area contributed by atoms with E-state index in [1.165, 1.54) is 31.3 Å². The molecule has 0 spiro atoms. The summed E-state index contributed by atoms with van der Waals surface area (Å²) in [6.45, 7) is 21.0. The van der Waals surface area contributed by atoms with Crippen molar-refractivity contribution >= 4 is 70.7 Å². The van der Waals surface area contributed by atoms with Crippen molar-refractivity contribution in [2.75, 3.05) is 0 Å². The number of furan rings is 1. The van der Waals surface area contributed by atoms with Crippen LogP contribution < -0.4 is 0 Å². The summed E-state index contributed by atoms with van der Waals surface area (Å²) in [5, 5.41) is 16.7. The summed E-state index contributed by atoms with van der Waals surface area (Å²) in [5.74, 6) is 0.286. The van der Waals surface area contributed by atoms with Gasteiger partial charge in [-0.2, -0.15) is 11.3 Å². The van der Waals surface area contributed by atoms with Gasteiger partial charge in [0.2, 0.25) is 5.71 Å². The number of carbonyl (C=O) groups is 1. The van der Waals surface area contributed by atoms with Gasteiger partial charge in [-0.25, -0.2) is 4.98 Å². The van der Waals surface area contributed by atoms with Crippen molar-refractivity contribution in [1.82, 2.24) is 9.97 Å². The molecular formula is C40H47IrN2O3S2-. The Bertz CT molecular complexity index is 2100. The topological polar surface area (TPSA) is 76.2 Å². The fraction of sp³-hybridized carbons (Fsp3) is 0.425. The average molecular weight is 860 g/mol. The van der Waals surface area contributed by atoms with E-state index < -0.39 is 0 Å².